The van der Waals surface area contributed by atoms with E-state index < -0.39 is 11.9 Å². The highest BCUT2D eigenvalue weighted by Crippen LogP contribution is 2.04. The van der Waals surface area contributed by atoms with Crippen LogP contribution < -0.4 is 11.5 Å². The summed E-state index contributed by atoms with van der Waals surface area (Å²) in [7, 11) is 1.69. The first-order valence-electron chi connectivity index (χ1n) is 5.17. The molecule has 0 heterocycles. The zero-order chi connectivity index (χ0) is 12.0. The second kappa shape index (κ2) is 6.40. The highest BCUT2D eigenvalue weighted by Gasteiger charge is 2.20. The average molecular weight is 215 g/mol. The molecule has 0 spiro atoms. The summed E-state index contributed by atoms with van der Waals surface area (Å²) in [5, 5.41) is 0. The fourth-order valence-electron chi connectivity index (χ4n) is 1.27. The van der Waals surface area contributed by atoms with Gasteiger partial charge in [0.25, 0.3) is 0 Å². The van der Waals surface area contributed by atoms with Crippen LogP contribution in [-0.4, -0.2) is 36.3 Å². The van der Waals surface area contributed by atoms with E-state index in [2.05, 4.69) is 13.8 Å². The Bertz CT molecular complexity index is 231. The van der Waals surface area contributed by atoms with Crippen LogP contribution in [0.2, 0.25) is 0 Å². The Balaban J connectivity index is 4.13. The minimum atomic E-state index is -0.809. The second-order valence-corrected chi connectivity index (χ2v) is 4.01. The van der Waals surface area contributed by atoms with Gasteiger partial charge in [0.2, 0.25) is 11.8 Å². The highest BCUT2D eigenvalue weighted by molar-refractivity contribution is 5.87. The van der Waals surface area contributed by atoms with Crippen LogP contribution >= 0.6 is 0 Å². The molecular weight excluding hydrogens is 194 g/mol. The van der Waals surface area contributed by atoms with Crippen LogP contribution in [0, 0.1) is 5.92 Å². The molecule has 0 fully saturated rings. The van der Waals surface area contributed by atoms with Gasteiger partial charge >= 0.3 is 0 Å². The molecule has 5 heteroatoms. The summed E-state index contributed by atoms with van der Waals surface area (Å²) in [5.74, 6) is -0.346. The summed E-state index contributed by atoms with van der Waals surface area (Å²) in [6.07, 6.45) is 0.909. The van der Waals surface area contributed by atoms with E-state index in [1.807, 2.05) is 0 Å². The van der Waals surface area contributed by atoms with E-state index in [1.165, 1.54) is 0 Å². The Morgan fingerprint density at radius 1 is 1.40 bits per heavy atom. The highest BCUT2D eigenvalue weighted by atomic mass is 16.2. The maximum Gasteiger partial charge on any atom is 0.239 e. The van der Waals surface area contributed by atoms with Crippen molar-refractivity contribution in [2.45, 2.75) is 32.7 Å². The van der Waals surface area contributed by atoms with Crippen molar-refractivity contribution in [1.82, 2.24) is 4.90 Å². The van der Waals surface area contributed by atoms with Crippen LogP contribution in [0.15, 0.2) is 0 Å². The van der Waals surface area contributed by atoms with E-state index in [0.717, 1.165) is 6.42 Å². The third kappa shape index (κ3) is 5.37. The molecule has 0 aromatic heterocycles. The number of likely N-dealkylation sites (N-methyl/N-ethyl adjacent to an activating group) is 1. The molecule has 0 aromatic rings. The van der Waals surface area contributed by atoms with Crippen molar-refractivity contribution in [3.8, 4) is 0 Å². The largest absolute Gasteiger partial charge is 0.370 e. The van der Waals surface area contributed by atoms with Gasteiger partial charge in [-0.15, -0.1) is 0 Å². The van der Waals surface area contributed by atoms with Gasteiger partial charge in [0.1, 0.15) is 0 Å². The maximum absolute atomic E-state index is 11.6. The molecule has 15 heavy (non-hydrogen) atoms. The van der Waals surface area contributed by atoms with Crippen molar-refractivity contribution in [3.63, 3.8) is 0 Å². The molecule has 88 valence electrons. The topological polar surface area (TPSA) is 89.4 Å². The van der Waals surface area contributed by atoms with E-state index in [9.17, 15) is 9.59 Å². The van der Waals surface area contributed by atoms with Gasteiger partial charge in [0.15, 0.2) is 0 Å². The monoisotopic (exact) mass is 215 g/mol. The standard InChI is InChI=1S/C10H21N3O2/c1-4-7(2)6-13(3)10(15)8(11)5-9(12)14/h7-8H,4-6,11H2,1-3H3,(H2,12,14). The van der Waals surface area contributed by atoms with Crippen molar-refractivity contribution in [3.05, 3.63) is 0 Å². The molecule has 2 amide bonds. The summed E-state index contributed by atoms with van der Waals surface area (Å²) in [4.78, 5) is 23.8. The van der Waals surface area contributed by atoms with Crippen LogP contribution in [-0.2, 0) is 9.59 Å². The number of nitrogens with zero attached hydrogens (tertiary/aromatic N) is 1. The predicted molar refractivity (Wildman–Crippen MR) is 58.9 cm³/mol. The lowest BCUT2D eigenvalue weighted by molar-refractivity contribution is -0.133. The van der Waals surface area contributed by atoms with Crippen LogP contribution in [0.1, 0.15) is 26.7 Å². The van der Waals surface area contributed by atoms with Gasteiger partial charge < -0.3 is 16.4 Å². The Morgan fingerprint density at radius 2 is 1.93 bits per heavy atom. The quantitative estimate of drug-likeness (QED) is 0.637. The minimum absolute atomic E-state index is 0.0936. The Kier molecular flexibility index (Phi) is 5.93. The van der Waals surface area contributed by atoms with Crippen LogP contribution in [0.25, 0.3) is 0 Å². The maximum atomic E-state index is 11.6. The van der Waals surface area contributed by atoms with Crippen LogP contribution in [0.3, 0.4) is 0 Å². The number of hydrogen-bond acceptors (Lipinski definition) is 3. The predicted octanol–water partition coefficient (Wildman–Crippen LogP) is -0.306. The van der Waals surface area contributed by atoms with Crippen molar-refractivity contribution < 1.29 is 9.59 Å². The molecule has 0 bridgehead atoms. The molecule has 0 aliphatic rings. The van der Waals surface area contributed by atoms with E-state index in [-0.39, 0.29) is 12.3 Å². The first-order chi connectivity index (χ1) is 6.88. The van der Waals surface area contributed by atoms with Crippen molar-refractivity contribution in [2.75, 3.05) is 13.6 Å². The molecule has 2 unspecified atom stereocenters. The van der Waals surface area contributed by atoms with Crippen LogP contribution in [0.4, 0.5) is 0 Å². The molecule has 0 aromatic carbocycles. The lowest BCUT2D eigenvalue weighted by atomic mass is 10.1. The Labute approximate surface area is 90.8 Å². The SMILES string of the molecule is CCC(C)CN(C)C(=O)C(N)CC(N)=O. The zero-order valence-corrected chi connectivity index (χ0v) is 9.69. The second-order valence-electron chi connectivity index (χ2n) is 4.01. The Morgan fingerprint density at radius 3 is 2.33 bits per heavy atom. The number of carbonyl (C=O) groups excluding carboxylic acids is 2. The lowest BCUT2D eigenvalue weighted by Gasteiger charge is -2.23. The summed E-state index contributed by atoms with van der Waals surface area (Å²) in [6.45, 7) is 4.78. The molecule has 0 saturated heterocycles. The zero-order valence-electron chi connectivity index (χ0n) is 9.69. The number of hydrogen-bond donors (Lipinski definition) is 2. The number of rotatable bonds is 6. The van der Waals surface area contributed by atoms with Gasteiger partial charge in [0, 0.05) is 13.6 Å². The summed E-state index contributed by atoms with van der Waals surface area (Å²) in [6, 6.07) is -0.809. The summed E-state index contributed by atoms with van der Waals surface area (Å²) in [5.41, 5.74) is 10.5. The number of amides is 2. The first kappa shape index (κ1) is 13.9. The smallest absolute Gasteiger partial charge is 0.239 e. The molecule has 4 N–H and O–H groups in total. The lowest BCUT2D eigenvalue weighted by Crippen LogP contribution is -2.45. The third-order valence-corrected chi connectivity index (χ3v) is 2.40. The molecular formula is C10H21N3O2. The minimum Gasteiger partial charge on any atom is -0.370 e. The van der Waals surface area contributed by atoms with E-state index in [1.54, 1.807) is 11.9 Å². The van der Waals surface area contributed by atoms with Crippen molar-refractivity contribution in [2.24, 2.45) is 17.4 Å². The van der Waals surface area contributed by atoms with E-state index in [4.69, 9.17) is 11.5 Å². The third-order valence-electron chi connectivity index (χ3n) is 2.40. The van der Waals surface area contributed by atoms with E-state index in [0.29, 0.717) is 12.5 Å². The van der Waals surface area contributed by atoms with Gasteiger partial charge in [-0.05, 0) is 5.92 Å². The molecule has 0 radical (unpaired) electrons. The molecule has 0 aliphatic heterocycles. The molecule has 0 aliphatic carbocycles. The number of carbonyl (C=O) groups is 2. The van der Waals surface area contributed by atoms with Crippen molar-refractivity contribution in [1.29, 1.82) is 0 Å². The molecule has 0 rings (SSSR count). The van der Waals surface area contributed by atoms with Gasteiger partial charge in [-0.1, -0.05) is 20.3 Å². The average Bonchev–Trinajstić information content (AvgIpc) is 2.15. The van der Waals surface area contributed by atoms with Gasteiger partial charge in [-0.25, -0.2) is 0 Å². The molecule has 2 atom stereocenters. The summed E-state index contributed by atoms with van der Waals surface area (Å²) >= 11 is 0. The summed E-state index contributed by atoms with van der Waals surface area (Å²) < 4.78 is 0. The fourth-order valence-corrected chi connectivity index (χ4v) is 1.27. The normalized spacial score (nSPS) is 14.4. The molecule has 5 nitrogen and oxygen atoms in total. The number of nitrogens with two attached hydrogens (primary N) is 2. The van der Waals surface area contributed by atoms with Crippen molar-refractivity contribution >= 4 is 11.8 Å². The number of primary amides is 1. The first-order valence-corrected chi connectivity index (χ1v) is 5.17. The van der Waals surface area contributed by atoms with Crippen LogP contribution in [0.5, 0.6) is 0 Å². The van der Waals surface area contributed by atoms with Gasteiger partial charge in [-0.3, -0.25) is 9.59 Å². The van der Waals surface area contributed by atoms with Gasteiger partial charge in [0.05, 0.1) is 12.5 Å². The molecule has 0 saturated carbocycles. The Hall–Kier alpha value is -1.10. The van der Waals surface area contributed by atoms with E-state index >= 15 is 0 Å². The fraction of sp³-hybridized carbons (Fsp3) is 0.800. The van der Waals surface area contributed by atoms with Gasteiger partial charge in [-0.2, -0.15) is 0 Å².